The van der Waals surface area contributed by atoms with Gasteiger partial charge in [0.1, 0.15) is 0 Å². The molecule has 0 unspecified atom stereocenters. The van der Waals surface area contributed by atoms with Gasteiger partial charge in [-0.05, 0) is 86.1 Å². The molecule has 198 valence electrons. The van der Waals surface area contributed by atoms with Gasteiger partial charge in [0, 0.05) is 54.4 Å². The number of para-hydroxylation sites is 1. The lowest BCUT2D eigenvalue weighted by Gasteiger charge is -2.56. The van der Waals surface area contributed by atoms with Gasteiger partial charge in [0.25, 0.3) is 5.91 Å². The van der Waals surface area contributed by atoms with E-state index in [1.54, 1.807) is 6.07 Å². The zero-order valence-corrected chi connectivity index (χ0v) is 23.2. The van der Waals surface area contributed by atoms with Gasteiger partial charge in [-0.3, -0.25) is 9.69 Å². The first-order valence-electron chi connectivity index (χ1n) is 14.1. The van der Waals surface area contributed by atoms with Crippen molar-refractivity contribution < 1.29 is 4.79 Å². The second-order valence-corrected chi connectivity index (χ2v) is 13.0. The Bertz CT molecular complexity index is 1310. The maximum absolute atomic E-state index is 14.1. The quantitative estimate of drug-likeness (QED) is 0.360. The van der Waals surface area contributed by atoms with Crippen molar-refractivity contribution in [2.45, 2.75) is 50.5 Å². The average molecular weight is 550 g/mol. The molecule has 2 aromatic carbocycles. The van der Waals surface area contributed by atoms with Crippen molar-refractivity contribution in [1.29, 1.82) is 0 Å². The lowest BCUT2D eigenvalue weighted by molar-refractivity contribution is -0.00793. The minimum absolute atomic E-state index is 0.0624. The highest BCUT2D eigenvalue weighted by molar-refractivity contribution is 6.35. The van der Waals surface area contributed by atoms with Gasteiger partial charge < -0.3 is 4.90 Å². The van der Waals surface area contributed by atoms with E-state index in [2.05, 4.69) is 17.0 Å². The van der Waals surface area contributed by atoms with Crippen LogP contribution in [0.2, 0.25) is 10.0 Å². The van der Waals surface area contributed by atoms with Gasteiger partial charge in [-0.15, -0.1) is 0 Å². The fraction of sp³-hybridized carbons (Fsp3) is 0.484. The average Bonchev–Trinajstić information content (AvgIpc) is 3.37. The number of halogens is 2. The second-order valence-electron chi connectivity index (χ2n) is 12.2. The molecular weight excluding hydrogens is 515 g/mol. The Morgan fingerprint density at radius 3 is 2.18 bits per heavy atom. The van der Waals surface area contributed by atoms with Crippen molar-refractivity contribution in [2.75, 3.05) is 26.2 Å². The van der Waals surface area contributed by atoms with Crippen molar-refractivity contribution >= 4 is 29.1 Å². The molecule has 5 fully saturated rings. The monoisotopic (exact) mass is 548 g/mol. The third-order valence-electron chi connectivity index (χ3n) is 9.57. The van der Waals surface area contributed by atoms with Gasteiger partial charge >= 0.3 is 0 Å². The summed E-state index contributed by atoms with van der Waals surface area (Å²) < 4.78 is 1.96. The summed E-state index contributed by atoms with van der Waals surface area (Å²) in [4.78, 5) is 18.5. The molecule has 4 saturated carbocycles. The Kier molecular flexibility index (Phi) is 6.29. The zero-order valence-electron chi connectivity index (χ0n) is 21.7. The fourth-order valence-corrected chi connectivity index (χ4v) is 8.67. The van der Waals surface area contributed by atoms with Crippen LogP contribution >= 0.6 is 23.2 Å². The summed E-state index contributed by atoms with van der Waals surface area (Å²) >= 11 is 12.5. The molecule has 1 aromatic heterocycles. The molecule has 4 bridgehead atoms. The summed E-state index contributed by atoms with van der Waals surface area (Å²) in [6.07, 6.45) is 9.73. The fourth-order valence-electron chi connectivity index (χ4n) is 8.21. The SMILES string of the molecule is O=C(c1cn(-c2ccccc2)nc1C12CC3CC(CC(C3)C1)C2)N1CCN(Cc2ccc(Cl)cc2Cl)CC1. The normalized spacial score (nSPS) is 28.7. The summed E-state index contributed by atoms with van der Waals surface area (Å²) in [6, 6.07) is 15.9. The summed E-state index contributed by atoms with van der Waals surface area (Å²) in [6.45, 7) is 3.83. The Labute approximate surface area is 234 Å². The largest absolute Gasteiger partial charge is 0.336 e. The molecule has 0 radical (unpaired) electrons. The summed E-state index contributed by atoms with van der Waals surface area (Å²) in [7, 11) is 0. The van der Waals surface area contributed by atoms with Crippen LogP contribution in [0.4, 0.5) is 0 Å². The number of aromatic nitrogens is 2. The molecule has 38 heavy (non-hydrogen) atoms. The molecule has 1 saturated heterocycles. The van der Waals surface area contributed by atoms with E-state index < -0.39 is 0 Å². The van der Waals surface area contributed by atoms with Crippen LogP contribution in [0.1, 0.15) is 60.1 Å². The molecule has 8 rings (SSSR count). The Hall–Kier alpha value is -2.34. The topological polar surface area (TPSA) is 41.4 Å². The molecule has 5 aliphatic rings. The minimum atomic E-state index is 0.0624. The number of amides is 1. The molecule has 7 heteroatoms. The maximum Gasteiger partial charge on any atom is 0.257 e. The van der Waals surface area contributed by atoms with Gasteiger partial charge in [0.05, 0.1) is 16.9 Å². The van der Waals surface area contributed by atoms with Crippen LogP contribution in [-0.4, -0.2) is 51.7 Å². The number of benzene rings is 2. The van der Waals surface area contributed by atoms with Crippen LogP contribution in [0.3, 0.4) is 0 Å². The van der Waals surface area contributed by atoms with Crippen LogP contribution in [0, 0.1) is 17.8 Å². The van der Waals surface area contributed by atoms with Crippen LogP contribution in [-0.2, 0) is 12.0 Å². The number of carbonyl (C=O) groups is 1. The molecule has 5 nitrogen and oxygen atoms in total. The Balaban J connectivity index is 1.14. The highest BCUT2D eigenvalue weighted by Crippen LogP contribution is 2.61. The van der Waals surface area contributed by atoms with E-state index in [0.29, 0.717) is 23.1 Å². The molecule has 2 heterocycles. The lowest BCUT2D eigenvalue weighted by Crippen LogP contribution is -2.51. The highest BCUT2D eigenvalue weighted by atomic mass is 35.5. The van der Waals surface area contributed by atoms with Crippen molar-refractivity contribution in [3.05, 3.63) is 81.6 Å². The first kappa shape index (κ1) is 24.7. The third-order valence-corrected chi connectivity index (χ3v) is 10.2. The predicted octanol–water partition coefficient (Wildman–Crippen LogP) is 6.60. The standard InChI is InChI=1S/C31H34Cl2N4O/c32-25-7-6-24(28(33)15-25)19-35-8-10-36(11-9-35)30(38)27-20-37(26-4-2-1-3-5-26)34-29(27)31-16-21-12-22(17-31)14-23(13-21)18-31/h1-7,15,20-23H,8-14,16-19H2. The third kappa shape index (κ3) is 4.47. The number of nitrogens with zero attached hydrogens (tertiary/aromatic N) is 4. The van der Waals surface area contributed by atoms with Gasteiger partial charge in [-0.25, -0.2) is 4.68 Å². The van der Waals surface area contributed by atoms with E-state index in [-0.39, 0.29) is 11.3 Å². The molecule has 1 aliphatic heterocycles. The molecule has 1 amide bonds. The van der Waals surface area contributed by atoms with E-state index in [4.69, 9.17) is 28.3 Å². The van der Waals surface area contributed by atoms with E-state index in [0.717, 1.165) is 59.9 Å². The van der Waals surface area contributed by atoms with Crippen LogP contribution in [0.15, 0.2) is 54.7 Å². The number of rotatable bonds is 5. The van der Waals surface area contributed by atoms with Crippen molar-refractivity contribution in [3.8, 4) is 5.69 Å². The smallest absolute Gasteiger partial charge is 0.257 e. The van der Waals surface area contributed by atoms with Crippen LogP contribution in [0.5, 0.6) is 0 Å². The molecule has 0 atom stereocenters. The molecule has 4 aliphatic carbocycles. The molecule has 0 N–H and O–H groups in total. The van der Waals surface area contributed by atoms with E-state index in [1.165, 1.54) is 38.5 Å². The molecule has 3 aromatic rings. The number of piperazine rings is 1. The van der Waals surface area contributed by atoms with Crippen molar-refractivity contribution in [1.82, 2.24) is 19.6 Å². The highest BCUT2D eigenvalue weighted by Gasteiger charge is 2.54. The first-order chi connectivity index (χ1) is 18.5. The molecular formula is C31H34Cl2N4O. The first-order valence-corrected chi connectivity index (χ1v) is 14.8. The van der Waals surface area contributed by atoms with Crippen molar-refractivity contribution in [2.24, 2.45) is 17.8 Å². The van der Waals surface area contributed by atoms with Gasteiger partial charge in [0.15, 0.2) is 0 Å². The van der Waals surface area contributed by atoms with Crippen LogP contribution < -0.4 is 0 Å². The minimum Gasteiger partial charge on any atom is -0.336 e. The number of carbonyl (C=O) groups excluding carboxylic acids is 1. The summed E-state index contributed by atoms with van der Waals surface area (Å²) in [5, 5.41) is 6.56. The van der Waals surface area contributed by atoms with Gasteiger partial charge in [-0.2, -0.15) is 5.10 Å². The summed E-state index contributed by atoms with van der Waals surface area (Å²) in [5.74, 6) is 2.54. The van der Waals surface area contributed by atoms with E-state index in [9.17, 15) is 4.79 Å². The Morgan fingerprint density at radius 2 is 1.55 bits per heavy atom. The number of hydrogen-bond donors (Lipinski definition) is 0. The van der Waals surface area contributed by atoms with Gasteiger partial charge in [-0.1, -0.05) is 47.5 Å². The van der Waals surface area contributed by atoms with Crippen LogP contribution in [0.25, 0.3) is 5.69 Å². The maximum atomic E-state index is 14.1. The summed E-state index contributed by atoms with van der Waals surface area (Å²) in [5.41, 5.74) is 4.05. The van der Waals surface area contributed by atoms with E-state index >= 15 is 0 Å². The lowest BCUT2D eigenvalue weighted by atomic mass is 9.48. The van der Waals surface area contributed by atoms with E-state index in [1.807, 2.05) is 46.1 Å². The predicted molar refractivity (Wildman–Crippen MR) is 151 cm³/mol. The van der Waals surface area contributed by atoms with Gasteiger partial charge in [0.2, 0.25) is 0 Å². The number of hydrogen-bond acceptors (Lipinski definition) is 3. The molecule has 0 spiro atoms. The van der Waals surface area contributed by atoms with Crippen molar-refractivity contribution in [3.63, 3.8) is 0 Å². The zero-order chi connectivity index (χ0) is 25.9. The Morgan fingerprint density at radius 1 is 0.895 bits per heavy atom. The second kappa shape index (κ2) is 9.69.